The number of hydrogen-bond donors (Lipinski definition) is 12. The molecule has 2 aliphatic rings. The van der Waals surface area contributed by atoms with Crippen LogP contribution in [-0.4, -0.2) is 58.7 Å². The molecule has 0 radical (unpaired) electrons. The first kappa shape index (κ1) is 60.2. The SMILES string of the molecule is CC1=C(C)C(C)(C)[C]([Co][C]2=C(C)C(C)=C(C)C2(C)C)=C1C.O=P(O)(O)F.O=P(O)(O)F.O=P(O)(O)F.O=P(O)(O)F.O=P(O)(O)F.O=P(O)(O)F. The predicted molar refractivity (Wildman–Crippen MR) is 169 cm³/mol. The molecule has 51 heavy (non-hydrogen) atoms. The van der Waals surface area contributed by atoms with Gasteiger partial charge in [-0.25, -0.2) is 27.4 Å². The average Bonchev–Trinajstić information content (AvgIpc) is 2.97. The second-order valence-electron chi connectivity index (χ2n) is 10.5. The van der Waals surface area contributed by atoms with Crippen molar-refractivity contribution in [2.75, 3.05) is 0 Å². The van der Waals surface area contributed by atoms with Crippen molar-refractivity contribution in [2.45, 2.75) is 69.2 Å². The molecule has 2 aliphatic carbocycles. The first-order valence-corrected chi connectivity index (χ1v) is 22.4. The summed E-state index contributed by atoms with van der Waals surface area (Å²) in [5, 5.41) is 0. The summed E-state index contributed by atoms with van der Waals surface area (Å²) in [4.78, 5) is 83.6. The van der Waals surface area contributed by atoms with E-state index in [1.54, 1.807) is 9.02 Å². The van der Waals surface area contributed by atoms with Gasteiger partial charge in [-0.2, -0.15) is 0 Å². The molecule has 0 aromatic rings. The van der Waals surface area contributed by atoms with Crippen LogP contribution in [0.5, 0.6) is 0 Å². The minimum Gasteiger partial charge on any atom is -0.299 e. The minimum absolute atomic E-state index is 0.196. The summed E-state index contributed by atoms with van der Waals surface area (Å²) in [6.07, 6.45) is 0. The van der Waals surface area contributed by atoms with Crippen LogP contribution in [0.4, 0.5) is 25.2 Å². The Balaban J connectivity index is -0.000000192. The molecule has 0 saturated carbocycles. The molecule has 0 bridgehead atoms. The fraction of sp³-hybridized carbons (Fsp3) is 0.600. The summed E-state index contributed by atoms with van der Waals surface area (Å²) >= 11 is 1.47. The molecular formula is C20H42CoF6O18P6. The van der Waals surface area contributed by atoms with Gasteiger partial charge in [0.15, 0.2) is 0 Å². The Labute approximate surface area is 295 Å². The Bertz CT molecular complexity index is 1330. The van der Waals surface area contributed by atoms with Crippen molar-refractivity contribution in [1.29, 1.82) is 0 Å². The summed E-state index contributed by atoms with van der Waals surface area (Å²) < 4.78 is 117. The van der Waals surface area contributed by atoms with Gasteiger partial charge in [0, 0.05) is 0 Å². The maximum Gasteiger partial charge on any atom is 0.507 e. The van der Waals surface area contributed by atoms with Crippen molar-refractivity contribution in [3.05, 3.63) is 42.5 Å². The van der Waals surface area contributed by atoms with Gasteiger partial charge in [0.2, 0.25) is 0 Å². The monoisotopic (exact) mass is 929 g/mol. The average molecular weight is 929 g/mol. The molecule has 31 heteroatoms. The fourth-order valence-corrected chi connectivity index (χ4v) is 5.56. The van der Waals surface area contributed by atoms with Crippen LogP contribution in [0.1, 0.15) is 69.2 Å². The molecule has 18 nitrogen and oxygen atoms in total. The summed E-state index contributed by atoms with van der Waals surface area (Å²) in [5.74, 6) is 0. The van der Waals surface area contributed by atoms with Crippen LogP contribution in [0.3, 0.4) is 0 Å². The van der Waals surface area contributed by atoms with E-state index >= 15 is 0 Å². The molecule has 0 heterocycles. The normalized spacial score (nSPS) is 17.3. The first-order chi connectivity index (χ1) is 21.4. The second-order valence-corrected chi connectivity index (χ2v) is 17.5. The van der Waals surface area contributed by atoms with E-state index in [0.717, 1.165) is 0 Å². The van der Waals surface area contributed by atoms with Crippen LogP contribution in [-0.2, 0) is 42.1 Å². The van der Waals surface area contributed by atoms with Gasteiger partial charge in [0.1, 0.15) is 0 Å². The molecule has 0 aromatic heterocycles. The molecule has 0 atom stereocenters. The predicted octanol–water partition coefficient (Wildman–Crippen LogP) is 6.66. The third kappa shape index (κ3) is 42.6. The number of rotatable bonds is 2. The topological polar surface area (TPSA) is 345 Å². The van der Waals surface area contributed by atoms with Gasteiger partial charge in [0.05, 0.1) is 0 Å². The van der Waals surface area contributed by atoms with Gasteiger partial charge in [-0.05, 0) is 0 Å². The molecule has 0 spiro atoms. The maximum absolute atomic E-state index is 10.4. The Kier molecular flexibility index (Phi) is 26.5. The summed E-state index contributed by atoms with van der Waals surface area (Å²) in [6, 6.07) is 0. The zero-order chi connectivity index (χ0) is 43.3. The van der Waals surface area contributed by atoms with E-state index in [9.17, 15) is 25.2 Å². The van der Waals surface area contributed by atoms with Crippen molar-refractivity contribution in [3.63, 3.8) is 0 Å². The summed E-state index contributed by atoms with van der Waals surface area (Å²) in [6.45, 7) is 23.3. The summed E-state index contributed by atoms with van der Waals surface area (Å²) in [5.41, 5.74) is 9.49. The van der Waals surface area contributed by atoms with E-state index in [0.29, 0.717) is 0 Å². The van der Waals surface area contributed by atoms with E-state index in [1.165, 1.54) is 48.1 Å². The van der Waals surface area contributed by atoms with Crippen molar-refractivity contribution < 1.29 is 126 Å². The maximum atomic E-state index is 10.4. The Morgan fingerprint density at radius 3 is 0.569 bits per heavy atom. The van der Waals surface area contributed by atoms with Crippen molar-refractivity contribution in [2.24, 2.45) is 10.8 Å². The van der Waals surface area contributed by atoms with E-state index in [-0.39, 0.29) is 10.8 Å². The van der Waals surface area contributed by atoms with Crippen LogP contribution < -0.4 is 0 Å². The van der Waals surface area contributed by atoms with Gasteiger partial charge in [-0.15, -0.1) is 25.2 Å². The van der Waals surface area contributed by atoms with E-state index < -0.39 is 47.4 Å². The van der Waals surface area contributed by atoms with Crippen LogP contribution in [0.2, 0.25) is 0 Å². The van der Waals surface area contributed by atoms with Gasteiger partial charge in [-0.1, -0.05) is 0 Å². The largest absolute Gasteiger partial charge is 0.507 e. The number of hydrogen-bond acceptors (Lipinski definition) is 6. The van der Waals surface area contributed by atoms with Crippen molar-refractivity contribution in [1.82, 2.24) is 0 Å². The van der Waals surface area contributed by atoms with Crippen LogP contribution in [0.25, 0.3) is 0 Å². The third-order valence-corrected chi connectivity index (χ3v) is 8.56. The van der Waals surface area contributed by atoms with Gasteiger partial charge >= 0.3 is 185 Å². The van der Waals surface area contributed by atoms with Crippen LogP contribution in [0.15, 0.2) is 42.5 Å². The van der Waals surface area contributed by atoms with Crippen molar-refractivity contribution in [3.8, 4) is 0 Å². The Hall–Kier alpha value is -0.0535. The molecule has 0 fully saturated rings. The smallest absolute Gasteiger partial charge is 0.299 e. The number of allylic oxidation sites excluding steroid dienone is 8. The van der Waals surface area contributed by atoms with Gasteiger partial charge in [-0.3, -0.25) is 58.7 Å². The third-order valence-electron chi connectivity index (χ3n) is 5.96. The zero-order valence-corrected chi connectivity index (χ0v) is 34.5. The molecule has 0 amide bonds. The molecule has 0 aromatic carbocycles. The van der Waals surface area contributed by atoms with E-state index in [2.05, 4.69) is 69.2 Å². The van der Waals surface area contributed by atoms with Gasteiger partial charge < -0.3 is 0 Å². The van der Waals surface area contributed by atoms with Crippen LogP contribution in [0, 0.1) is 10.8 Å². The first-order valence-electron chi connectivity index (χ1n) is 12.3. The van der Waals surface area contributed by atoms with Gasteiger partial charge in [0.25, 0.3) is 0 Å². The van der Waals surface area contributed by atoms with E-state index in [1.807, 2.05) is 0 Å². The second kappa shape index (κ2) is 22.5. The standard InChI is InChI=1S/2C10H15.Co.6FH2O3P/c2*1-7-6-10(4,5)9(3)8(7)2;;6*1-5(2,3)4/h2*1-5H3;;6*(H2,2,3,4). The Morgan fingerprint density at radius 2 is 0.490 bits per heavy atom. The molecular weight excluding hydrogens is 887 g/mol. The molecule has 12 N–H and O–H groups in total. The van der Waals surface area contributed by atoms with Crippen molar-refractivity contribution >= 4 is 47.4 Å². The fourth-order valence-electron chi connectivity index (χ4n) is 3.48. The molecule has 0 saturated heterocycles. The minimum atomic E-state index is -5.14. The Morgan fingerprint density at radius 1 is 0.373 bits per heavy atom. The molecule has 0 aliphatic heterocycles. The number of halogens is 6. The van der Waals surface area contributed by atoms with Crippen LogP contribution >= 0.6 is 47.4 Å². The molecule has 0 unspecified atom stereocenters. The molecule has 311 valence electrons. The quantitative estimate of drug-likeness (QED) is 0.102. The molecule has 2 rings (SSSR count). The summed E-state index contributed by atoms with van der Waals surface area (Å²) in [7, 11) is -30.8. The zero-order valence-electron chi connectivity index (χ0n) is 28.1. The van der Waals surface area contributed by atoms with E-state index in [4.69, 9.17) is 86.1 Å².